The number of hydrogen-bond acceptors (Lipinski definition) is 7. The largest absolute Gasteiger partial charge is 0.475 e. The lowest BCUT2D eigenvalue weighted by molar-refractivity contribution is -0.137. The first-order valence-electron chi connectivity index (χ1n) is 11.4. The molecule has 0 spiro atoms. The zero-order valence-electron chi connectivity index (χ0n) is 20.4. The van der Waals surface area contributed by atoms with Gasteiger partial charge in [0.1, 0.15) is 23.5 Å². The average molecular weight is 537 g/mol. The minimum atomic E-state index is -3.17. The zero-order chi connectivity index (χ0) is 27.4. The lowest BCUT2D eigenvalue weighted by Gasteiger charge is -2.27. The number of aromatic amines is 1. The Hall–Kier alpha value is -4.14. The first-order chi connectivity index (χ1) is 17.9. The average Bonchev–Trinajstić information content (AvgIpc) is 3.49. The number of halogens is 4. The van der Waals surface area contributed by atoms with E-state index in [4.69, 9.17) is 4.74 Å². The van der Waals surface area contributed by atoms with Crippen LogP contribution in [0.5, 0.6) is 11.8 Å². The van der Waals surface area contributed by atoms with Gasteiger partial charge in [0.2, 0.25) is 11.8 Å². The first-order valence-corrected chi connectivity index (χ1v) is 11.4. The highest BCUT2D eigenvalue weighted by atomic mass is 19.3. The number of aryl methyl sites for hydroxylation is 1. The third-order valence-corrected chi connectivity index (χ3v) is 5.93. The summed E-state index contributed by atoms with van der Waals surface area (Å²) in [7, 11) is 1.51. The Bertz CT molecular complexity index is 1510. The van der Waals surface area contributed by atoms with Crippen LogP contribution in [0.15, 0.2) is 24.5 Å². The highest BCUT2D eigenvalue weighted by Crippen LogP contribution is 2.47. The van der Waals surface area contributed by atoms with Gasteiger partial charge in [-0.25, -0.2) is 18.4 Å². The molecule has 1 aliphatic rings. The van der Waals surface area contributed by atoms with Crippen molar-refractivity contribution in [2.24, 2.45) is 7.05 Å². The summed E-state index contributed by atoms with van der Waals surface area (Å²) in [5.41, 5.74) is -1.60. The standard InChI is InChI=1S/C23H23F4N7O4/c1-23(2,36)21(35)29-10-7-34-20(37-9-10)14(16(31-34)17(24)25)15-13(11-5-4-6-28-18(11)30-15)12-8-33(3)32-19(12)38-22(26)27/h4-6,8,10,17,22,36H,7,9H2,1-3H3,(H,28,30)(H,29,35)/t10-/m0/s1. The number of carbonyl (C=O) groups is 1. The normalized spacial score (nSPS) is 15.7. The van der Waals surface area contributed by atoms with Crippen molar-refractivity contribution >= 4 is 16.9 Å². The topological polar surface area (TPSA) is 132 Å². The number of pyridine rings is 1. The van der Waals surface area contributed by atoms with E-state index in [0.717, 1.165) is 0 Å². The van der Waals surface area contributed by atoms with E-state index in [1.807, 2.05) is 0 Å². The van der Waals surface area contributed by atoms with Crippen molar-refractivity contribution in [2.45, 2.75) is 45.1 Å². The number of ether oxygens (including phenoxy) is 2. The molecule has 1 atom stereocenters. The number of rotatable bonds is 7. The van der Waals surface area contributed by atoms with Gasteiger partial charge in [-0.2, -0.15) is 13.9 Å². The molecule has 5 heterocycles. The number of aliphatic hydroxyl groups is 1. The Kier molecular flexibility index (Phi) is 6.25. The minimum absolute atomic E-state index is 0.0120. The van der Waals surface area contributed by atoms with Crippen LogP contribution in [-0.2, 0) is 18.4 Å². The maximum atomic E-state index is 14.3. The molecule has 4 aromatic heterocycles. The molecule has 3 N–H and O–H groups in total. The van der Waals surface area contributed by atoms with Crippen molar-refractivity contribution in [3.05, 3.63) is 30.2 Å². The van der Waals surface area contributed by atoms with Crippen molar-refractivity contribution in [3.63, 3.8) is 0 Å². The van der Waals surface area contributed by atoms with Gasteiger partial charge >= 0.3 is 6.61 Å². The molecule has 0 fully saturated rings. The summed E-state index contributed by atoms with van der Waals surface area (Å²) in [6.45, 7) is -0.654. The number of amides is 1. The van der Waals surface area contributed by atoms with Gasteiger partial charge in [0.05, 0.1) is 29.4 Å². The van der Waals surface area contributed by atoms with Crippen molar-refractivity contribution in [1.29, 1.82) is 0 Å². The van der Waals surface area contributed by atoms with Crippen LogP contribution in [-0.4, -0.2) is 65.4 Å². The number of alkyl halides is 4. The smallest absolute Gasteiger partial charge is 0.388 e. The van der Waals surface area contributed by atoms with E-state index in [-0.39, 0.29) is 41.4 Å². The second kappa shape index (κ2) is 9.31. The molecule has 38 heavy (non-hydrogen) atoms. The number of carbonyl (C=O) groups excluding carboxylic acids is 1. The van der Waals surface area contributed by atoms with Crippen LogP contribution in [0.4, 0.5) is 17.6 Å². The second-order valence-electron chi connectivity index (χ2n) is 9.26. The molecule has 0 radical (unpaired) electrons. The Balaban J connectivity index is 1.67. The predicted molar refractivity (Wildman–Crippen MR) is 125 cm³/mol. The quantitative estimate of drug-likeness (QED) is 0.309. The van der Waals surface area contributed by atoms with E-state index in [9.17, 15) is 27.5 Å². The summed E-state index contributed by atoms with van der Waals surface area (Å²) in [6, 6.07) is 2.60. The van der Waals surface area contributed by atoms with Crippen LogP contribution in [0.3, 0.4) is 0 Å². The van der Waals surface area contributed by atoms with Gasteiger partial charge in [-0.1, -0.05) is 0 Å². The minimum Gasteiger partial charge on any atom is -0.475 e. The molecule has 11 nitrogen and oxygen atoms in total. The van der Waals surface area contributed by atoms with Gasteiger partial charge in [0.25, 0.3) is 12.3 Å². The third kappa shape index (κ3) is 4.53. The SMILES string of the molecule is Cn1cc(-c2c(-c3c(C(F)F)nn4c3OC[C@@H](NC(=O)C(C)(C)O)C4)[nH]c3ncccc23)c(OC(F)F)n1. The molecule has 5 rings (SSSR count). The zero-order valence-corrected chi connectivity index (χ0v) is 20.4. The molecule has 4 aromatic rings. The van der Waals surface area contributed by atoms with Gasteiger partial charge in [-0.15, -0.1) is 5.10 Å². The maximum absolute atomic E-state index is 14.3. The molecular formula is C23H23F4N7O4. The number of hydrogen-bond donors (Lipinski definition) is 3. The van der Waals surface area contributed by atoms with E-state index in [1.165, 1.54) is 42.7 Å². The van der Waals surface area contributed by atoms with E-state index in [1.54, 1.807) is 12.1 Å². The fourth-order valence-corrected chi connectivity index (χ4v) is 4.31. The maximum Gasteiger partial charge on any atom is 0.388 e. The van der Waals surface area contributed by atoms with Gasteiger partial charge in [-0.3, -0.25) is 9.48 Å². The highest BCUT2D eigenvalue weighted by molar-refractivity contribution is 6.04. The molecule has 202 valence electrons. The van der Waals surface area contributed by atoms with E-state index >= 15 is 0 Å². The van der Waals surface area contributed by atoms with Crippen LogP contribution in [0.2, 0.25) is 0 Å². The lowest BCUT2D eigenvalue weighted by Crippen LogP contribution is -2.51. The summed E-state index contributed by atoms with van der Waals surface area (Å²) in [6.07, 6.45) is -0.119. The fraction of sp³-hybridized carbons (Fsp3) is 0.391. The number of nitrogens with one attached hydrogen (secondary N) is 2. The molecule has 1 aliphatic heterocycles. The van der Waals surface area contributed by atoms with E-state index in [0.29, 0.717) is 11.0 Å². The first kappa shape index (κ1) is 25.5. The molecule has 1 amide bonds. The Labute approximate surface area is 212 Å². The van der Waals surface area contributed by atoms with Crippen LogP contribution in [0.1, 0.15) is 26.0 Å². The Morgan fingerprint density at radius 3 is 2.74 bits per heavy atom. The van der Waals surface area contributed by atoms with Crippen LogP contribution >= 0.6 is 0 Å². The Morgan fingerprint density at radius 2 is 2.05 bits per heavy atom. The molecule has 0 aromatic carbocycles. The summed E-state index contributed by atoms with van der Waals surface area (Å²) in [5, 5.41) is 21.0. The monoisotopic (exact) mass is 537 g/mol. The molecular weight excluding hydrogens is 514 g/mol. The van der Waals surface area contributed by atoms with Gasteiger partial charge in [0.15, 0.2) is 0 Å². The predicted octanol–water partition coefficient (Wildman–Crippen LogP) is 3.01. The van der Waals surface area contributed by atoms with Crippen molar-refractivity contribution < 1.29 is 36.9 Å². The van der Waals surface area contributed by atoms with Gasteiger partial charge < -0.3 is 24.9 Å². The number of H-pyrrole nitrogens is 1. The van der Waals surface area contributed by atoms with Crippen LogP contribution < -0.4 is 14.8 Å². The third-order valence-electron chi connectivity index (χ3n) is 5.93. The fourth-order valence-electron chi connectivity index (χ4n) is 4.31. The number of aromatic nitrogens is 6. The summed E-state index contributed by atoms with van der Waals surface area (Å²) < 4.78 is 67.8. The highest BCUT2D eigenvalue weighted by Gasteiger charge is 2.36. The van der Waals surface area contributed by atoms with E-state index < -0.39 is 42.2 Å². The molecule has 15 heteroatoms. The van der Waals surface area contributed by atoms with E-state index in [2.05, 4.69) is 30.2 Å². The van der Waals surface area contributed by atoms with Crippen molar-refractivity contribution in [1.82, 2.24) is 34.8 Å². The Morgan fingerprint density at radius 1 is 1.29 bits per heavy atom. The van der Waals surface area contributed by atoms with Crippen molar-refractivity contribution in [3.8, 4) is 34.1 Å². The second-order valence-corrected chi connectivity index (χ2v) is 9.26. The van der Waals surface area contributed by atoms with Gasteiger partial charge in [0, 0.05) is 30.4 Å². The molecule has 0 saturated carbocycles. The number of nitrogens with zero attached hydrogens (tertiary/aromatic N) is 5. The molecule has 0 saturated heterocycles. The van der Waals surface area contributed by atoms with Crippen LogP contribution in [0, 0.1) is 0 Å². The van der Waals surface area contributed by atoms with Crippen LogP contribution in [0.25, 0.3) is 33.4 Å². The van der Waals surface area contributed by atoms with Crippen molar-refractivity contribution in [2.75, 3.05) is 6.61 Å². The molecule has 0 bridgehead atoms. The molecule has 0 unspecified atom stereocenters. The summed E-state index contributed by atoms with van der Waals surface area (Å²) >= 11 is 0. The summed E-state index contributed by atoms with van der Waals surface area (Å²) in [4.78, 5) is 19.5. The molecule has 0 aliphatic carbocycles. The number of fused-ring (bicyclic) bond motifs is 2. The van der Waals surface area contributed by atoms with Gasteiger partial charge in [-0.05, 0) is 26.0 Å². The lowest BCUT2D eigenvalue weighted by atomic mass is 10.0. The summed E-state index contributed by atoms with van der Waals surface area (Å²) in [5.74, 6) is -1.08.